The monoisotopic (exact) mass is 2310 g/mol. The average molecular weight is 2320 g/mol. The molecule has 0 aliphatic heterocycles. The van der Waals surface area contributed by atoms with Crippen LogP contribution in [0.4, 0.5) is 0 Å². The highest BCUT2D eigenvalue weighted by Gasteiger charge is 2.57. The van der Waals surface area contributed by atoms with Gasteiger partial charge in [0.1, 0.15) is 0 Å². The third-order valence-corrected chi connectivity index (χ3v) is 105. The molecule has 0 spiro atoms. The zero-order valence-electron chi connectivity index (χ0n) is 98.6. The van der Waals surface area contributed by atoms with Crippen molar-refractivity contribution in [2.75, 3.05) is 0 Å². The van der Waals surface area contributed by atoms with Gasteiger partial charge in [0, 0.05) is 0 Å². The van der Waals surface area contributed by atoms with Gasteiger partial charge in [0.15, 0.2) is 66.5 Å². The summed E-state index contributed by atoms with van der Waals surface area (Å²) in [6, 6.07) is 63.8. The highest BCUT2D eigenvalue weighted by Crippen LogP contribution is 2.40. The van der Waals surface area contributed by atoms with Crippen LogP contribution in [0, 0.1) is 0 Å². The molecule has 5 rings (SSSR count). The van der Waals surface area contributed by atoms with Gasteiger partial charge in [-0.1, -0.05) is 334 Å². The summed E-state index contributed by atoms with van der Waals surface area (Å²) in [6.07, 6.45) is 20.0. The molecule has 7 atom stereocenters. The summed E-state index contributed by atoms with van der Waals surface area (Å²) in [5.74, 6) is 0.351. The minimum Gasteiger partial charge on any atom is -0.436 e. The predicted octanol–water partition coefficient (Wildman–Crippen LogP) is 33.8. The highest BCUT2D eigenvalue weighted by molar-refractivity contribution is 7.05. The van der Waals surface area contributed by atoms with Crippen molar-refractivity contribution < 1.29 is 65.8 Å². The van der Waals surface area contributed by atoms with Gasteiger partial charge in [-0.2, -0.15) is 0 Å². The lowest BCUT2D eigenvalue weighted by atomic mass is 10.0. The molecule has 0 fully saturated rings. The Morgan fingerprint density at radius 2 is 0.476 bits per heavy atom. The molecule has 0 saturated heterocycles. The Bertz CT molecular complexity index is 4350. The van der Waals surface area contributed by atoms with E-state index in [4.69, 9.17) is 65.8 Å². The van der Waals surface area contributed by atoms with Crippen LogP contribution in [-0.2, 0) is 72.3 Å². The minimum atomic E-state index is -3.26. The molecule has 5 aromatic carbocycles. The first kappa shape index (κ1) is 138. The van der Waals surface area contributed by atoms with E-state index in [-0.39, 0.29) is 0 Å². The average Bonchev–Trinajstić information content (AvgIpc) is 0.748. The second-order valence-electron chi connectivity index (χ2n) is 47.4. The van der Waals surface area contributed by atoms with Crippen LogP contribution in [0.15, 0.2) is 213 Å². The predicted molar refractivity (Wildman–Crippen MR) is 670 cm³/mol. The molecule has 0 bridgehead atoms. The maximum absolute atomic E-state index is 7.45. The molecule has 0 N–H and O–H groups in total. The van der Waals surface area contributed by atoms with Crippen molar-refractivity contribution in [3.8, 4) is 0 Å². The topological polar surface area (TPSA) is 148 Å². The third-order valence-electron chi connectivity index (χ3n) is 25.4. The van der Waals surface area contributed by atoms with Crippen molar-refractivity contribution in [3.05, 3.63) is 224 Å². The number of hydrogen-bond acceptors (Lipinski definition) is 16. The maximum atomic E-state index is 7.45. The van der Waals surface area contributed by atoms with Crippen molar-refractivity contribution in [2.45, 2.75) is 434 Å². The summed E-state index contributed by atoms with van der Waals surface area (Å²) < 4.78 is 112. The summed E-state index contributed by atoms with van der Waals surface area (Å²) in [7, 11) is -47.5. The smallest absolute Gasteiger partial charge is 0.388 e. The quantitative estimate of drug-likeness (QED) is 0.0340. The highest BCUT2D eigenvalue weighted by atomic mass is 28.5. The van der Waals surface area contributed by atoms with Crippen LogP contribution in [-0.4, -0.2) is 169 Å². The fourth-order valence-corrected chi connectivity index (χ4v) is 115. The second kappa shape index (κ2) is 62.3. The Kier molecular flexibility index (Phi) is 59.9. The molecular weight excluding hydrogens is 2100 g/mol. The summed E-state index contributed by atoms with van der Waals surface area (Å²) in [5.41, 5.74) is 12.2. The first-order valence-electron chi connectivity index (χ1n) is 54.6. The molecule has 16 nitrogen and oxygen atoms in total. The van der Waals surface area contributed by atoms with E-state index in [1.807, 2.05) is 46.7 Å². The van der Waals surface area contributed by atoms with Crippen LogP contribution in [0.5, 0.6) is 0 Å². The van der Waals surface area contributed by atoms with Crippen LogP contribution in [0.1, 0.15) is 182 Å². The first-order chi connectivity index (χ1) is 66.0. The summed E-state index contributed by atoms with van der Waals surface area (Å²) in [6.45, 7) is 109. The van der Waals surface area contributed by atoms with Crippen LogP contribution < -0.4 is 15.6 Å². The Hall–Kier alpha value is -1.50. The van der Waals surface area contributed by atoms with Gasteiger partial charge < -0.3 is 65.8 Å². The number of benzene rings is 5. The van der Waals surface area contributed by atoms with Crippen LogP contribution in [0.2, 0.25) is 257 Å². The van der Waals surface area contributed by atoms with Crippen molar-refractivity contribution in [3.63, 3.8) is 0 Å². The van der Waals surface area contributed by atoms with Crippen molar-refractivity contribution in [2.24, 2.45) is 0 Å². The molecule has 0 aliphatic rings. The minimum absolute atomic E-state index is 0.351. The van der Waals surface area contributed by atoms with E-state index in [9.17, 15) is 0 Å². The normalized spacial score (nSPS) is 15.9. The zero-order chi connectivity index (χ0) is 109. The third kappa shape index (κ3) is 54.4. The molecule has 143 heavy (non-hydrogen) atoms. The van der Waals surface area contributed by atoms with Gasteiger partial charge in [-0.05, 0) is 307 Å². The van der Waals surface area contributed by atoms with Gasteiger partial charge in [-0.15, -0.1) is 32.9 Å². The number of aryl methyl sites for hydroxylation is 1. The van der Waals surface area contributed by atoms with E-state index >= 15 is 0 Å². The summed E-state index contributed by atoms with van der Waals surface area (Å²) in [5, 5.41) is 3.32. The van der Waals surface area contributed by atoms with E-state index in [2.05, 4.69) is 425 Å². The summed E-state index contributed by atoms with van der Waals surface area (Å²) in [4.78, 5) is 0. The number of hydrogen-bond donors (Lipinski definition) is 0. The molecule has 36 heteroatoms. The fourth-order valence-electron chi connectivity index (χ4n) is 19.3. The fraction of sp³-hybridized carbons (Fsp3) is 0.626. The van der Waals surface area contributed by atoms with Gasteiger partial charge in [0.25, 0.3) is 0 Å². The van der Waals surface area contributed by atoms with Crippen molar-refractivity contribution in [1.82, 2.24) is 0 Å². The van der Waals surface area contributed by atoms with E-state index in [0.29, 0.717) is 5.92 Å². The molecule has 0 radical (unpaired) electrons. The molecule has 0 saturated carbocycles. The van der Waals surface area contributed by atoms with Gasteiger partial charge >= 0.3 is 103 Å². The zero-order valence-corrected chi connectivity index (χ0v) is 119. The second-order valence-corrected chi connectivity index (χ2v) is 124. The number of unbranched alkanes of at least 4 members (excludes halogenated alkanes) is 8. The van der Waals surface area contributed by atoms with Crippen LogP contribution >= 0.6 is 0 Å². The van der Waals surface area contributed by atoms with Gasteiger partial charge in [0.2, 0.25) is 0 Å². The molecular formula is C107H212O16Si20. The Morgan fingerprint density at radius 1 is 0.231 bits per heavy atom. The molecule has 5 aromatic rings. The Morgan fingerprint density at radius 3 is 0.769 bits per heavy atom. The maximum Gasteiger partial charge on any atom is 0.388 e. The SMILES string of the molecule is C=C[Si](C)(O[Si](C)(C)O[Si](C)(C)CCCC)O[Si](C)(CC(C)c1ccccc1)O[Si](C)(C)CCCC.C=C[Si](C)(O[Si](C)(C)O[Si](C)(C)CCCC)O[Si](C)(CCc1ccccc1)O[Si](C)(C)CCCC.C=C[Si](C)(O[Si](C)(C)O[Si](C)(C)CCCC)O[Si](C)(O[Si](C)(C)CCCC)c1ccccc1.C=C[Si](C=C)(O[Si](C)(C)O[Si](C)(C)CCCC)O[Si](O[Si](C)(C)CCCC)(c1ccccc1)c1ccccc1. The number of rotatable bonds is 70. The molecule has 0 heterocycles. The van der Waals surface area contributed by atoms with E-state index in [0.717, 1.165) is 89.2 Å². The standard InChI is InChI=1S/C30H52O4Si5.C27H56O4Si5.C26H54O4Si5.C24H50O4Si5/c1-11-15-27-35(5,6)31-37(9,10)33-38(13-3,14-4)34-39(29-23-19-17-20-24-29,30-25-21-18-22-26-30)32-36(7,8)28-16-12-2;1-13-16-23-32(5,6)28-34(9,10)30-35(11,15-3)31-36(12,29-33(7,8)24-17-14-2)25-26(4)27-21-19-18-20-22-27;1-12-15-23-31(4,5)27-33(8,9)29-34(10,14-3)30-35(11,28-32(6,7)24-16-13-2)25-22-26-20-18-17-19-21-26;1-12-15-22-29(4,5)25-31(8,9)27-32(10,14-3)28-33(11,24-20-18-17-19-21-24)26-30(6,7)23-16-13-2/h13-14,17-26H,3-4,11-12,15-16,27-28H2,1-2,5-10H3;15,18-22,26H,3,13-14,16-17,23-25H2,1-2,4-12H3;14,17-21H,3,12-13,15-16,22-25H2,1-2,4-11H3;14,17-21H,3,12-13,15-16,22-23H2,1-2,4-11H3. The molecule has 0 amide bonds. The van der Waals surface area contributed by atoms with Gasteiger partial charge in [0.05, 0.1) is 0 Å². The molecule has 0 aromatic heterocycles. The van der Waals surface area contributed by atoms with E-state index < -0.39 is 169 Å². The first-order valence-corrected chi connectivity index (χ1v) is 109. The largest absolute Gasteiger partial charge is 0.436 e. The van der Waals surface area contributed by atoms with Crippen LogP contribution in [0.25, 0.3) is 0 Å². The lowest BCUT2D eigenvalue weighted by Crippen LogP contribution is -2.72. The molecule has 7 unspecified atom stereocenters. The van der Waals surface area contributed by atoms with E-state index in [1.54, 1.807) is 0 Å². The van der Waals surface area contributed by atoms with Crippen molar-refractivity contribution in [1.29, 1.82) is 0 Å². The molecule has 816 valence electrons. The van der Waals surface area contributed by atoms with Gasteiger partial charge in [-0.25, -0.2) is 0 Å². The van der Waals surface area contributed by atoms with Gasteiger partial charge in [-0.3, -0.25) is 0 Å². The Labute approximate surface area is 901 Å². The summed E-state index contributed by atoms with van der Waals surface area (Å²) >= 11 is 0. The lowest BCUT2D eigenvalue weighted by Gasteiger charge is -2.45. The molecule has 0 aliphatic carbocycles. The van der Waals surface area contributed by atoms with E-state index in [1.165, 1.54) is 107 Å². The Balaban J connectivity index is 0.000000646. The lowest BCUT2D eigenvalue weighted by molar-refractivity contribution is 0.294. The van der Waals surface area contributed by atoms with Crippen LogP contribution in [0.3, 0.4) is 0 Å². The van der Waals surface area contributed by atoms with Crippen molar-refractivity contribution >= 4 is 185 Å².